The van der Waals surface area contributed by atoms with Gasteiger partial charge in [0.2, 0.25) is 0 Å². The van der Waals surface area contributed by atoms with Crippen molar-refractivity contribution in [1.82, 2.24) is 14.5 Å². The third-order valence-corrected chi connectivity index (χ3v) is 4.09. The molecule has 1 fully saturated rings. The lowest BCUT2D eigenvalue weighted by atomic mass is 9.97. The quantitative estimate of drug-likeness (QED) is 0.914. The summed E-state index contributed by atoms with van der Waals surface area (Å²) in [6.45, 7) is -0.0216. The third kappa shape index (κ3) is 3.01. The van der Waals surface area contributed by atoms with Crippen LogP contribution in [0.2, 0.25) is 0 Å². The summed E-state index contributed by atoms with van der Waals surface area (Å²) in [6, 6.07) is 4.31. The summed E-state index contributed by atoms with van der Waals surface area (Å²) in [5.41, 5.74) is -0.658. The maximum absolute atomic E-state index is 13.3. The fraction of sp³-hybridized carbons (Fsp3) is 0.375. The van der Waals surface area contributed by atoms with Gasteiger partial charge in [-0.25, -0.2) is 4.98 Å². The van der Waals surface area contributed by atoms with E-state index < -0.39 is 29.8 Å². The van der Waals surface area contributed by atoms with Gasteiger partial charge in [0.15, 0.2) is 0 Å². The third-order valence-electron chi connectivity index (χ3n) is 4.09. The van der Waals surface area contributed by atoms with E-state index in [1.807, 2.05) is 0 Å². The van der Waals surface area contributed by atoms with Crippen molar-refractivity contribution in [2.24, 2.45) is 7.05 Å². The number of nitrogens with zero attached hydrogens (tertiary/aromatic N) is 3. The Bertz CT molecular complexity index is 757. The van der Waals surface area contributed by atoms with Gasteiger partial charge in [0.25, 0.3) is 5.91 Å². The Morgan fingerprint density at radius 2 is 2.04 bits per heavy atom. The first-order valence-corrected chi connectivity index (χ1v) is 7.40. The molecule has 128 valence electrons. The highest BCUT2D eigenvalue weighted by Gasteiger charge is 2.41. The molecule has 24 heavy (non-hydrogen) atoms. The lowest BCUT2D eigenvalue weighted by Gasteiger charge is -2.26. The maximum Gasteiger partial charge on any atom is 0.416 e. The lowest BCUT2D eigenvalue weighted by molar-refractivity contribution is -0.138. The van der Waals surface area contributed by atoms with Gasteiger partial charge in [0.1, 0.15) is 5.69 Å². The number of β-amino-alcohol motifs (C(OH)–C–C–N with tert-alkyl or cyclic N) is 1. The van der Waals surface area contributed by atoms with Gasteiger partial charge in [0.05, 0.1) is 24.0 Å². The minimum absolute atomic E-state index is 0.00849. The number of aliphatic hydroxyl groups excluding tert-OH is 1. The second-order valence-corrected chi connectivity index (χ2v) is 5.87. The number of aromatic nitrogens is 2. The van der Waals surface area contributed by atoms with E-state index in [2.05, 4.69) is 4.98 Å². The van der Waals surface area contributed by atoms with Crippen molar-refractivity contribution in [3.05, 3.63) is 53.6 Å². The first-order valence-electron chi connectivity index (χ1n) is 7.40. The zero-order valence-corrected chi connectivity index (χ0v) is 12.9. The van der Waals surface area contributed by atoms with E-state index in [0.717, 1.165) is 6.07 Å². The monoisotopic (exact) mass is 339 g/mol. The number of likely N-dealkylation sites (tertiary alicyclic amines) is 1. The highest BCUT2D eigenvalue weighted by molar-refractivity contribution is 5.92. The summed E-state index contributed by atoms with van der Waals surface area (Å²) in [5.74, 6) is -0.492. The molecule has 1 N–H and O–H groups in total. The first kappa shape index (κ1) is 16.5. The molecule has 0 aliphatic carbocycles. The number of hydrogen-bond acceptors (Lipinski definition) is 3. The normalized spacial score (nSPS) is 21.3. The zero-order chi connectivity index (χ0) is 17.5. The van der Waals surface area contributed by atoms with E-state index in [1.54, 1.807) is 11.6 Å². The molecule has 0 radical (unpaired) electrons. The molecule has 2 atom stereocenters. The second-order valence-electron chi connectivity index (χ2n) is 5.87. The maximum atomic E-state index is 13.3. The van der Waals surface area contributed by atoms with Gasteiger partial charge in [-0.2, -0.15) is 13.2 Å². The molecule has 0 bridgehead atoms. The van der Waals surface area contributed by atoms with Crippen LogP contribution in [0.3, 0.4) is 0 Å². The minimum Gasteiger partial charge on any atom is -0.391 e. The molecule has 0 saturated carbocycles. The van der Waals surface area contributed by atoms with Gasteiger partial charge in [-0.3, -0.25) is 4.79 Å². The number of hydrogen-bond donors (Lipinski definition) is 1. The molecule has 2 aromatic rings. The Labute approximate surface area is 136 Å². The number of carbonyl (C=O) groups excluding carboxylic acids is 1. The molecular formula is C16H16F3N3O2. The van der Waals surface area contributed by atoms with Crippen LogP contribution in [0.4, 0.5) is 13.2 Å². The van der Waals surface area contributed by atoms with Crippen LogP contribution in [0.25, 0.3) is 0 Å². The fourth-order valence-corrected chi connectivity index (χ4v) is 3.05. The molecule has 8 heteroatoms. The van der Waals surface area contributed by atoms with Crippen LogP contribution in [-0.2, 0) is 13.2 Å². The SMILES string of the molecule is Cn1cnc(C(=O)N2CC(O)CC2c2ccccc2C(F)(F)F)c1. The summed E-state index contributed by atoms with van der Waals surface area (Å²) < 4.78 is 41.4. The van der Waals surface area contributed by atoms with E-state index in [0.29, 0.717) is 0 Å². The van der Waals surface area contributed by atoms with Crippen molar-refractivity contribution in [3.8, 4) is 0 Å². The molecule has 5 nitrogen and oxygen atoms in total. The Morgan fingerprint density at radius 3 is 2.67 bits per heavy atom. The zero-order valence-electron chi connectivity index (χ0n) is 12.9. The van der Waals surface area contributed by atoms with Gasteiger partial charge < -0.3 is 14.6 Å². The van der Waals surface area contributed by atoms with Gasteiger partial charge in [-0.15, -0.1) is 0 Å². The molecule has 2 unspecified atom stereocenters. The average Bonchev–Trinajstić information content (AvgIpc) is 3.12. The first-order chi connectivity index (χ1) is 11.3. The molecular weight excluding hydrogens is 323 g/mol. The van der Waals surface area contributed by atoms with Crippen molar-refractivity contribution in [2.75, 3.05) is 6.54 Å². The van der Waals surface area contributed by atoms with Gasteiger partial charge >= 0.3 is 6.18 Å². The van der Waals surface area contributed by atoms with Crippen molar-refractivity contribution < 1.29 is 23.1 Å². The molecule has 2 heterocycles. The Balaban J connectivity index is 1.99. The molecule has 3 rings (SSSR count). The highest BCUT2D eigenvalue weighted by Crippen LogP contribution is 2.40. The molecule has 1 aliphatic heterocycles. The number of amides is 1. The summed E-state index contributed by atoms with van der Waals surface area (Å²) in [6.07, 6.45) is -2.39. The van der Waals surface area contributed by atoms with Crippen molar-refractivity contribution >= 4 is 5.91 Å². The summed E-state index contributed by atoms with van der Waals surface area (Å²) >= 11 is 0. The second kappa shape index (κ2) is 5.94. The highest BCUT2D eigenvalue weighted by atomic mass is 19.4. The predicted molar refractivity (Wildman–Crippen MR) is 79.1 cm³/mol. The van der Waals surface area contributed by atoms with Crippen LogP contribution in [0, 0.1) is 0 Å². The van der Waals surface area contributed by atoms with Crippen molar-refractivity contribution in [2.45, 2.75) is 24.7 Å². The minimum atomic E-state index is -4.52. The number of benzene rings is 1. The Morgan fingerprint density at radius 1 is 1.33 bits per heavy atom. The standard InChI is InChI=1S/C16H16F3N3O2/c1-21-8-13(20-9-21)15(24)22-7-10(23)6-14(22)11-4-2-3-5-12(11)16(17,18)19/h2-5,8-10,14,23H,6-7H2,1H3. The molecule has 0 spiro atoms. The van der Waals surface area contributed by atoms with Crippen LogP contribution in [0.15, 0.2) is 36.8 Å². The van der Waals surface area contributed by atoms with Crippen LogP contribution in [0.1, 0.15) is 34.1 Å². The van der Waals surface area contributed by atoms with Gasteiger partial charge in [-0.1, -0.05) is 18.2 Å². The molecule has 1 aliphatic rings. The van der Waals surface area contributed by atoms with E-state index in [4.69, 9.17) is 0 Å². The summed E-state index contributed by atoms with van der Waals surface area (Å²) in [7, 11) is 1.69. The smallest absolute Gasteiger partial charge is 0.391 e. The van der Waals surface area contributed by atoms with Crippen LogP contribution < -0.4 is 0 Å². The van der Waals surface area contributed by atoms with E-state index >= 15 is 0 Å². The van der Waals surface area contributed by atoms with Crippen LogP contribution in [0.5, 0.6) is 0 Å². The number of carbonyl (C=O) groups is 1. The van der Waals surface area contributed by atoms with Crippen LogP contribution >= 0.6 is 0 Å². The number of imidazole rings is 1. The molecule has 1 amide bonds. The largest absolute Gasteiger partial charge is 0.416 e. The number of rotatable bonds is 2. The number of aliphatic hydroxyl groups is 1. The van der Waals surface area contributed by atoms with Crippen molar-refractivity contribution in [1.29, 1.82) is 0 Å². The summed E-state index contributed by atoms with van der Waals surface area (Å²) in [4.78, 5) is 17.8. The average molecular weight is 339 g/mol. The number of aryl methyl sites for hydroxylation is 1. The lowest BCUT2D eigenvalue weighted by Crippen LogP contribution is -2.32. The molecule has 1 saturated heterocycles. The predicted octanol–water partition coefficient (Wildman–Crippen LogP) is 2.39. The van der Waals surface area contributed by atoms with E-state index in [1.165, 1.54) is 35.6 Å². The number of alkyl halides is 3. The van der Waals surface area contributed by atoms with Gasteiger partial charge in [-0.05, 0) is 18.1 Å². The van der Waals surface area contributed by atoms with E-state index in [-0.39, 0.29) is 24.2 Å². The van der Waals surface area contributed by atoms with Crippen molar-refractivity contribution in [3.63, 3.8) is 0 Å². The summed E-state index contributed by atoms with van der Waals surface area (Å²) in [5, 5.41) is 9.93. The van der Waals surface area contributed by atoms with Crippen LogP contribution in [-0.4, -0.2) is 38.1 Å². The topological polar surface area (TPSA) is 58.4 Å². The Kier molecular flexibility index (Phi) is 4.08. The fourth-order valence-electron chi connectivity index (χ4n) is 3.05. The Hall–Kier alpha value is -2.35. The van der Waals surface area contributed by atoms with E-state index in [9.17, 15) is 23.1 Å². The number of halogens is 3. The molecule has 1 aromatic heterocycles. The van der Waals surface area contributed by atoms with Gasteiger partial charge in [0, 0.05) is 19.8 Å². The molecule has 1 aromatic carbocycles.